The summed E-state index contributed by atoms with van der Waals surface area (Å²) >= 11 is 0. The fourth-order valence-corrected chi connectivity index (χ4v) is 3.83. The van der Waals surface area contributed by atoms with Crippen LogP contribution in [-0.2, 0) is 13.6 Å². The summed E-state index contributed by atoms with van der Waals surface area (Å²) in [5, 5.41) is 13.8. The molecule has 0 N–H and O–H groups in total. The molecule has 1 aromatic carbocycles. The molecule has 3 aromatic heterocycles. The highest BCUT2D eigenvalue weighted by atomic mass is 16.5. The Bertz CT molecular complexity index is 1190. The number of benzene rings is 1. The number of aromatic nitrogens is 6. The quantitative estimate of drug-likeness (QED) is 0.480. The molecule has 1 aliphatic rings. The second kappa shape index (κ2) is 7.95. The Hall–Kier alpha value is -3.53. The van der Waals surface area contributed by atoms with E-state index in [1.165, 1.54) is 0 Å². The molecule has 1 aliphatic heterocycles. The molecule has 1 fully saturated rings. The molecule has 5 rings (SSSR count). The van der Waals surface area contributed by atoms with E-state index >= 15 is 0 Å². The summed E-state index contributed by atoms with van der Waals surface area (Å²) in [6, 6.07) is 7.59. The largest absolute Gasteiger partial charge is 0.497 e. The monoisotopic (exact) mass is 420 g/mol. The lowest BCUT2D eigenvalue weighted by atomic mass is 10.2. The molecule has 10 heteroatoms. The Balaban J connectivity index is 1.24. The molecule has 0 spiro atoms. The van der Waals surface area contributed by atoms with Crippen molar-refractivity contribution in [2.45, 2.75) is 13.5 Å². The van der Waals surface area contributed by atoms with Gasteiger partial charge < -0.3 is 14.1 Å². The third kappa shape index (κ3) is 3.81. The third-order valence-electron chi connectivity index (χ3n) is 5.52. The predicted octanol–water partition coefficient (Wildman–Crippen LogP) is 2.05. The van der Waals surface area contributed by atoms with Gasteiger partial charge in [-0.25, -0.2) is 9.97 Å². The summed E-state index contributed by atoms with van der Waals surface area (Å²) in [6.45, 7) is 6.03. The number of hydrogen-bond acceptors (Lipinski definition) is 9. The summed E-state index contributed by atoms with van der Waals surface area (Å²) < 4.78 is 12.9. The minimum absolute atomic E-state index is 0.520. The van der Waals surface area contributed by atoms with Gasteiger partial charge in [0.2, 0.25) is 11.8 Å². The predicted molar refractivity (Wildman–Crippen MR) is 115 cm³/mol. The number of nitrogens with zero attached hydrogens (tertiary/aromatic N) is 8. The Kier molecular flexibility index (Phi) is 4.99. The standard InChI is InChI=1S/C21H24N8O2/c1-14-23-19-17(12-22-27(19)2)20(24-14)29-10-8-28(9-11-29)13-18-25-26-21(31-18)15-4-6-16(30-3)7-5-15/h4-7,12H,8-11,13H2,1-3H3. The van der Waals surface area contributed by atoms with Crippen molar-refractivity contribution < 1.29 is 9.15 Å². The average Bonchev–Trinajstić information content (AvgIpc) is 3.41. The molecule has 1 saturated heterocycles. The molecule has 0 saturated carbocycles. The highest BCUT2D eigenvalue weighted by Crippen LogP contribution is 2.25. The van der Waals surface area contributed by atoms with Crippen LogP contribution in [0, 0.1) is 6.92 Å². The van der Waals surface area contributed by atoms with Gasteiger partial charge in [-0.3, -0.25) is 9.58 Å². The van der Waals surface area contributed by atoms with Crippen LogP contribution in [0.15, 0.2) is 34.9 Å². The van der Waals surface area contributed by atoms with E-state index in [0.29, 0.717) is 18.3 Å². The van der Waals surface area contributed by atoms with E-state index in [2.05, 4.69) is 35.1 Å². The van der Waals surface area contributed by atoms with Crippen molar-refractivity contribution in [1.82, 2.24) is 34.8 Å². The van der Waals surface area contributed by atoms with Crippen molar-refractivity contribution in [2.24, 2.45) is 7.05 Å². The molecule has 31 heavy (non-hydrogen) atoms. The highest BCUT2D eigenvalue weighted by molar-refractivity contribution is 5.87. The maximum atomic E-state index is 5.88. The molecule has 0 atom stereocenters. The van der Waals surface area contributed by atoms with Crippen LogP contribution in [-0.4, -0.2) is 68.1 Å². The number of methoxy groups -OCH3 is 1. The second-order valence-electron chi connectivity index (χ2n) is 7.59. The fraction of sp³-hybridized carbons (Fsp3) is 0.381. The minimum Gasteiger partial charge on any atom is -0.497 e. The number of ether oxygens (including phenoxy) is 1. The first-order valence-electron chi connectivity index (χ1n) is 10.2. The van der Waals surface area contributed by atoms with Crippen molar-refractivity contribution in [3.8, 4) is 17.2 Å². The lowest BCUT2D eigenvalue weighted by Crippen LogP contribution is -2.46. The Labute approximate surface area is 179 Å². The van der Waals surface area contributed by atoms with E-state index in [-0.39, 0.29) is 0 Å². The molecular formula is C21H24N8O2. The lowest BCUT2D eigenvalue weighted by molar-refractivity contribution is 0.226. The van der Waals surface area contributed by atoms with Gasteiger partial charge in [0.25, 0.3) is 0 Å². The molecule has 10 nitrogen and oxygen atoms in total. The SMILES string of the molecule is COc1ccc(-c2nnc(CN3CCN(c4nc(C)nc5c4cnn5C)CC3)o2)cc1. The number of piperazine rings is 1. The van der Waals surface area contributed by atoms with Crippen molar-refractivity contribution in [3.05, 3.63) is 42.2 Å². The van der Waals surface area contributed by atoms with Crippen LogP contribution < -0.4 is 9.64 Å². The first-order chi connectivity index (χ1) is 15.1. The van der Waals surface area contributed by atoms with Gasteiger partial charge >= 0.3 is 0 Å². The van der Waals surface area contributed by atoms with Crippen LogP contribution in [0.25, 0.3) is 22.5 Å². The number of fused-ring (bicyclic) bond motifs is 1. The van der Waals surface area contributed by atoms with Gasteiger partial charge in [0.1, 0.15) is 17.4 Å². The van der Waals surface area contributed by atoms with Crippen molar-refractivity contribution in [1.29, 1.82) is 0 Å². The summed E-state index contributed by atoms with van der Waals surface area (Å²) in [4.78, 5) is 13.8. The molecule has 0 aliphatic carbocycles. The molecular weight excluding hydrogens is 396 g/mol. The average molecular weight is 420 g/mol. The first-order valence-corrected chi connectivity index (χ1v) is 10.2. The number of anilines is 1. The zero-order valence-electron chi connectivity index (χ0n) is 17.8. The van der Waals surface area contributed by atoms with E-state index in [9.17, 15) is 0 Å². The first kappa shape index (κ1) is 19.4. The van der Waals surface area contributed by atoms with Crippen molar-refractivity contribution >= 4 is 16.9 Å². The van der Waals surface area contributed by atoms with Crippen LogP contribution in [0.4, 0.5) is 5.82 Å². The highest BCUT2D eigenvalue weighted by Gasteiger charge is 2.23. The van der Waals surface area contributed by atoms with Crippen molar-refractivity contribution in [2.75, 3.05) is 38.2 Å². The van der Waals surface area contributed by atoms with Gasteiger partial charge in [-0.2, -0.15) is 5.10 Å². The van der Waals surface area contributed by atoms with Crippen LogP contribution in [0.5, 0.6) is 5.75 Å². The number of rotatable bonds is 5. The molecule has 0 bridgehead atoms. The molecule has 0 unspecified atom stereocenters. The Morgan fingerprint density at radius 1 is 1.03 bits per heavy atom. The molecule has 0 amide bonds. The van der Waals surface area contributed by atoms with Gasteiger partial charge in [-0.15, -0.1) is 10.2 Å². The molecule has 0 radical (unpaired) electrons. The maximum absolute atomic E-state index is 5.88. The normalized spacial score (nSPS) is 15.0. The number of aryl methyl sites for hydroxylation is 2. The summed E-state index contributed by atoms with van der Waals surface area (Å²) in [7, 11) is 3.55. The van der Waals surface area contributed by atoms with Crippen LogP contribution in [0.1, 0.15) is 11.7 Å². The summed E-state index contributed by atoms with van der Waals surface area (Å²) in [5.74, 6) is 3.64. The third-order valence-corrected chi connectivity index (χ3v) is 5.52. The topological polar surface area (TPSA) is 98.2 Å². The number of hydrogen-bond donors (Lipinski definition) is 0. The van der Waals surface area contributed by atoms with Gasteiger partial charge in [0.05, 0.1) is 25.2 Å². The molecule has 4 aromatic rings. The molecule has 4 heterocycles. The Morgan fingerprint density at radius 3 is 2.55 bits per heavy atom. The van der Waals surface area contributed by atoms with E-state index in [0.717, 1.165) is 60.2 Å². The van der Waals surface area contributed by atoms with Gasteiger partial charge in [-0.1, -0.05) is 0 Å². The lowest BCUT2D eigenvalue weighted by Gasteiger charge is -2.34. The van der Waals surface area contributed by atoms with E-state index in [1.54, 1.807) is 11.8 Å². The zero-order valence-corrected chi connectivity index (χ0v) is 17.8. The van der Waals surface area contributed by atoms with E-state index in [4.69, 9.17) is 9.15 Å². The van der Waals surface area contributed by atoms with Crippen LogP contribution in [0.3, 0.4) is 0 Å². The summed E-state index contributed by atoms with van der Waals surface area (Å²) in [6.07, 6.45) is 1.84. The van der Waals surface area contributed by atoms with E-state index in [1.807, 2.05) is 44.4 Å². The maximum Gasteiger partial charge on any atom is 0.247 e. The minimum atomic E-state index is 0.520. The van der Waals surface area contributed by atoms with Gasteiger partial charge in [0.15, 0.2) is 5.65 Å². The smallest absolute Gasteiger partial charge is 0.247 e. The summed E-state index contributed by atoms with van der Waals surface area (Å²) in [5.41, 5.74) is 1.74. The van der Waals surface area contributed by atoms with Crippen LogP contribution >= 0.6 is 0 Å². The van der Waals surface area contributed by atoms with Crippen molar-refractivity contribution in [3.63, 3.8) is 0 Å². The van der Waals surface area contributed by atoms with Crippen LogP contribution in [0.2, 0.25) is 0 Å². The zero-order chi connectivity index (χ0) is 21.4. The van der Waals surface area contributed by atoms with E-state index < -0.39 is 0 Å². The second-order valence-corrected chi connectivity index (χ2v) is 7.59. The van der Waals surface area contributed by atoms with Gasteiger partial charge in [-0.05, 0) is 31.2 Å². The van der Waals surface area contributed by atoms with Gasteiger partial charge in [0, 0.05) is 38.8 Å². The molecule has 160 valence electrons. The Morgan fingerprint density at radius 2 is 1.81 bits per heavy atom. The fourth-order valence-electron chi connectivity index (χ4n) is 3.83.